The summed E-state index contributed by atoms with van der Waals surface area (Å²) in [7, 11) is -3.81. The van der Waals surface area contributed by atoms with Crippen LogP contribution in [-0.4, -0.2) is 28.8 Å². The second-order valence-corrected chi connectivity index (χ2v) is 8.08. The average molecular weight is 390 g/mol. The average Bonchev–Trinajstić information content (AvgIpc) is 3.07. The molecule has 4 rings (SSSR count). The molecule has 1 aliphatic heterocycles. The van der Waals surface area contributed by atoms with Crippen molar-refractivity contribution < 1.29 is 17.7 Å². The lowest BCUT2D eigenvalue weighted by Crippen LogP contribution is -2.41. The van der Waals surface area contributed by atoms with Gasteiger partial charge in [-0.1, -0.05) is 47.1 Å². The summed E-state index contributed by atoms with van der Waals surface area (Å²) < 4.78 is 30.9. The van der Waals surface area contributed by atoms with Crippen LogP contribution in [0.4, 0.5) is 0 Å². The van der Waals surface area contributed by atoms with Crippen molar-refractivity contribution in [3.05, 3.63) is 70.6 Å². The zero-order valence-corrected chi connectivity index (χ0v) is 14.9. The van der Waals surface area contributed by atoms with Gasteiger partial charge in [-0.2, -0.15) is 4.98 Å². The SMILES string of the molecule is O=C1c2ccccc2CS(=O)(=O)N1Cc1nc(-c2cccc(Cl)c2)no1. The Morgan fingerprint density at radius 2 is 1.96 bits per heavy atom. The lowest BCUT2D eigenvalue weighted by Gasteiger charge is -2.26. The van der Waals surface area contributed by atoms with Crippen molar-refractivity contribution in [3.8, 4) is 11.4 Å². The molecule has 0 bridgehead atoms. The van der Waals surface area contributed by atoms with E-state index in [2.05, 4.69) is 10.1 Å². The molecule has 0 spiro atoms. The molecule has 1 aromatic heterocycles. The van der Waals surface area contributed by atoms with Gasteiger partial charge in [0.25, 0.3) is 5.91 Å². The van der Waals surface area contributed by atoms with Crippen molar-refractivity contribution in [2.24, 2.45) is 0 Å². The standard InChI is InChI=1S/C17H12ClN3O4S/c18-13-6-3-5-11(8-13)16-19-15(25-20-16)9-21-17(22)14-7-2-1-4-12(14)10-26(21,23)24/h1-8H,9-10H2. The van der Waals surface area contributed by atoms with Gasteiger partial charge in [0.05, 0.1) is 5.75 Å². The number of nitrogens with zero attached hydrogens (tertiary/aromatic N) is 3. The summed E-state index contributed by atoms with van der Waals surface area (Å²) in [5, 5.41) is 4.35. The van der Waals surface area contributed by atoms with Crippen LogP contribution in [0.25, 0.3) is 11.4 Å². The Hall–Kier alpha value is -2.71. The third-order valence-corrected chi connectivity index (χ3v) is 5.86. The van der Waals surface area contributed by atoms with Crippen LogP contribution in [-0.2, 0) is 22.3 Å². The van der Waals surface area contributed by atoms with Crippen molar-refractivity contribution in [2.45, 2.75) is 12.3 Å². The second kappa shape index (κ2) is 6.22. The molecule has 0 N–H and O–H groups in total. The fourth-order valence-corrected chi connectivity index (χ4v) is 4.40. The molecule has 1 amide bonds. The molecule has 3 aromatic rings. The van der Waals surface area contributed by atoms with Gasteiger partial charge in [0.15, 0.2) is 0 Å². The van der Waals surface area contributed by atoms with Gasteiger partial charge in [-0.25, -0.2) is 12.7 Å². The van der Waals surface area contributed by atoms with E-state index in [4.69, 9.17) is 16.1 Å². The largest absolute Gasteiger partial charge is 0.337 e. The van der Waals surface area contributed by atoms with Gasteiger partial charge in [0.1, 0.15) is 6.54 Å². The van der Waals surface area contributed by atoms with Gasteiger partial charge in [-0.15, -0.1) is 0 Å². The van der Waals surface area contributed by atoms with Crippen molar-refractivity contribution in [1.82, 2.24) is 14.4 Å². The molecule has 0 aliphatic carbocycles. The maximum atomic E-state index is 12.6. The quantitative estimate of drug-likeness (QED) is 0.683. The molecule has 7 nitrogen and oxygen atoms in total. The van der Waals surface area contributed by atoms with Crippen molar-refractivity contribution in [3.63, 3.8) is 0 Å². The van der Waals surface area contributed by atoms with Crippen LogP contribution >= 0.6 is 11.6 Å². The van der Waals surface area contributed by atoms with E-state index >= 15 is 0 Å². The van der Waals surface area contributed by atoms with E-state index in [0.717, 1.165) is 4.31 Å². The highest BCUT2D eigenvalue weighted by molar-refractivity contribution is 7.89. The van der Waals surface area contributed by atoms with Crippen LogP contribution in [0.2, 0.25) is 5.02 Å². The Kier molecular flexibility index (Phi) is 4.01. The van der Waals surface area contributed by atoms with E-state index < -0.39 is 15.9 Å². The molecule has 9 heteroatoms. The Labute approximate surface area is 154 Å². The lowest BCUT2D eigenvalue weighted by atomic mass is 10.1. The first-order chi connectivity index (χ1) is 12.4. The number of halogens is 1. The normalized spacial score (nSPS) is 15.7. The topological polar surface area (TPSA) is 93.4 Å². The van der Waals surface area contributed by atoms with Crippen LogP contribution in [0.5, 0.6) is 0 Å². The van der Waals surface area contributed by atoms with Crippen LogP contribution in [0.3, 0.4) is 0 Å². The molecule has 2 heterocycles. The zero-order valence-electron chi connectivity index (χ0n) is 13.3. The van der Waals surface area contributed by atoms with Gasteiger partial charge >= 0.3 is 0 Å². The van der Waals surface area contributed by atoms with E-state index in [1.807, 2.05) is 0 Å². The van der Waals surface area contributed by atoms with Crippen molar-refractivity contribution in [2.75, 3.05) is 0 Å². The Morgan fingerprint density at radius 3 is 2.77 bits per heavy atom. The first-order valence-electron chi connectivity index (χ1n) is 7.65. The predicted molar refractivity (Wildman–Crippen MR) is 93.7 cm³/mol. The zero-order chi connectivity index (χ0) is 18.3. The minimum atomic E-state index is -3.81. The van der Waals surface area contributed by atoms with Crippen LogP contribution < -0.4 is 0 Å². The number of fused-ring (bicyclic) bond motifs is 1. The summed E-state index contributed by atoms with van der Waals surface area (Å²) in [4.78, 5) is 16.8. The highest BCUT2D eigenvalue weighted by Gasteiger charge is 2.36. The molecule has 0 fully saturated rings. The Balaban J connectivity index is 1.64. The number of sulfonamides is 1. The number of benzene rings is 2. The number of carbonyl (C=O) groups is 1. The maximum absolute atomic E-state index is 12.6. The fraction of sp³-hybridized carbons (Fsp3) is 0.118. The second-order valence-electron chi connectivity index (χ2n) is 5.75. The van der Waals surface area contributed by atoms with Gasteiger partial charge < -0.3 is 4.52 Å². The Morgan fingerprint density at radius 1 is 1.15 bits per heavy atom. The van der Waals surface area contributed by atoms with Crippen molar-refractivity contribution in [1.29, 1.82) is 0 Å². The van der Waals surface area contributed by atoms with Gasteiger partial charge in [0, 0.05) is 16.1 Å². The minimum absolute atomic E-state index is 0.0243. The summed E-state index contributed by atoms with van der Waals surface area (Å²) in [6.07, 6.45) is 0. The molecule has 1 aliphatic rings. The number of rotatable bonds is 3. The van der Waals surface area contributed by atoms with E-state index in [1.54, 1.807) is 48.5 Å². The van der Waals surface area contributed by atoms with E-state index in [0.29, 0.717) is 21.7 Å². The van der Waals surface area contributed by atoms with Crippen molar-refractivity contribution >= 4 is 27.5 Å². The molecule has 132 valence electrons. The molecule has 0 atom stereocenters. The number of hydrogen-bond donors (Lipinski definition) is 0. The highest BCUT2D eigenvalue weighted by Crippen LogP contribution is 2.26. The fourth-order valence-electron chi connectivity index (χ4n) is 2.75. The molecule has 0 saturated carbocycles. The molecule has 0 radical (unpaired) electrons. The summed E-state index contributed by atoms with van der Waals surface area (Å²) in [5.41, 5.74) is 1.47. The predicted octanol–water partition coefficient (Wildman–Crippen LogP) is 2.88. The van der Waals surface area contributed by atoms with Gasteiger partial charge in [0.2, 0.25) is 21.7 Å². The molecule has 0 unspecified atom stereocenters. The maximum Gasteiger partial charge on any atom is 0.268 e. The van der Waals surface area contributed by atoms with E-state index in [1.165, 1.54) is 0 Å². The summed E-state index contributed by atoms with van der Waals surface area (Å²) in [6.45, 7) is -0.316. The molecule has 0 saturated heterocycles. The number of carbonyl (C=O) groups excluding carboxylic acids is 1. The minimum Gasteiger partial charge on any atom is -0.337 e. The first kappa shape index (κ1) is 16.7. The van der Waals surface area contributed by atoms with Gasteiger partial charge in [-0.05, 0) is 23.8 Å². The Bertz CT molecular complexity index is 1110. The van der Waals surface area contributed by atoms with Crippen LogP contribution in [0.15, 0.2) is 53.1 Å². The molecule has 2 aromatic carbocycles. The third kappa shape index (κ3) is 2.97. The molecule has 26 heavy (non-hydrogen) atoms. The molecular formula is C17H12ClN3O4S. The monoisotopic (exact) mass is 389 g/mol. The van der Waals surface area contributed by atoms with E-state index in [-0.39, 0.29) is 24.0 Å². The number of amides is 1. The smallest absolute Gasteiger partial charge is 0.268 e. The molecular weight excluding hydrogens is 378 g/mol. The third-order valence-electron chi connectivity index (χ3n) is 3.98. The highest BCUT2D eigenvalue weighted by atomic mass is 35.5. The summed E-state index contributed by atoms with van der Waals surface area (Å²) in [5.74, 6) is -0.556. The summed E-state index contributed by atoms with van der Waals surface area (Å²) in [6, 6.07) is 13.5. The van der Waals surface area contributed by atoms with Gasteiger partial charge in [-0.3, -0.25) is 4.79 Å². The number of hydrogen-bond acceptors (Lipinski definition) is 6. The first-order valence-corrected chi connectivity index (χ1v) is 9.64. The number of aromatic nitrogens is 2. The summed E-state index contributed by atoms with van der Waals surface area (Å²) >= 11 is 5.94. The lowest BCUT2D eigenvalue weighted by molar-refractivity contribution is 0.0838. The van der Waals surface area contributed by atoms with E-state index in [9.17, 15) is 13.2 Å². The van der Waals surface area contributed by atoms with Crippen LogP contribution in [0, 0.1) is 0 Å². The van der Waals surface area contributed by atoms with Crippen LogP contribution in [0.1, 0.15) is 21.8 Å².